The van der Waals surface area contributed by atoms with Gasteiger partial charge >= 0.3 is 0 Å². The van der Waals surface area contributed by atoms with Gasteiger partial charge in [0, 0.05) is 11.1 Å². The van der Waals surface area contributed by atoms with Crippen LogP contribution in [0.25, 0.3) is 0 Å². The van der Waals surface area contributed by atoms with Crippen molar-refractivity contribution >= 4 is 34.8 Å². The van der Waals surface area contributed by atoms with Gasteiger partial charge in [-0.25, -0.2) is 4.39 Å². The van der Waals surface area contributed by atoms with Crippen molar-refractivity contribution in [2.75, 3.05) is 18.4 Å². The third kappa shape index (κ3) is 4.94. The summed E-state index contributed by atoms with van der Waals surface area (Å²) in [6.45, 7) is 1.14. The van der Waals surface area contributed by atoms with Crippen LogP contribution in [0, 0.1) is 5.82 Å². The van der Waals surface area contributed by atoms with Crippen molar-refractivity contribution in [3.05, 3.63) is 63.9 Å². The first kappa shape index (κ1) is 18.2. The maximum absolute atomic E-state index is 13.4. The predicted molar refractivity (Wildman–Crippen MR) is 99.8 cm³/mol. The highest BCUT2D eigenvalue weighted by atomic mass is 35.5. The van der Waals surface area contributed by atoms with Gasteiger partial charge in [-0.05, 0) is 61.7 Å². The van der Waals surface area contributed by atoms with Crippen LogP contribution in [0.1, 0.15) is 18.4 Å². The molecule has 1 aliphatic heterocycles. The van der Waals surface area contributed by atoms with E-state index in [1.54, 1.807) is 30.3 Å². The summed E-state index contributed by atoms with van der Waals surface area (Å²) in [5.74, 6) is -0.356. The molecule has 1 N–H and O–H groups in total. The van der Waals surface area contributed by atoms with Crippen LogP contribution in [0.3, 0.4) is 0 Å². The van der Waals surface area contributed by atoms with E-state index in [-0.39, 0.29) is 24.3 Å². The highest BCUT2D eigenvalue weighted by Crippen LogP contribution is 2.26. The van der Waals surface area contributed by atoms with Crippen LogP contribution in [0.5, 0.6) is 0 Å². The van der Waals surface area contributed by atoms with Crippen LogP contribution >= 0.6 is 23.2 Å². The topological polar surface area (TPSA) is 32.3 Å². The second-order valence-electron chi connectivity index (χ2n) is 6.27. The summed E-state index contributed by atoms with van der Waals surface area (Å²) in [6, 6.07) is 11.8. The smallest absolute Gasteiger partial charge is 0.238 e. The van der Waals surface area contributed by atoms with Gasteiger partial charge in [0.25, 0.3) is 0 Å². The van der Waals surface area contributed by atoms with Gasteiger partial charge in [0.05, 0.1) is 17.3 Å². The van der Waals surface area contributed by atoms with E-state index < -0.39 is 0 Å². The summed E-state index contributed by atoms with van der Waals surface area (Å²) in [7, 11) is 0. The molecule has 0 bridgehead atoms. The summed E-state index contributed by atoms with van der Waals surface area (Å²) in [4.78, 5) is 14.5. The maximum atomic E-state index is 13.4. The Morgan fingerprint density at radius 1 is 1.24 bits per heavy atom. The van der Waals surface area contributed by atoms with E-state index in [0.717, 1.165) is 31.4 Å². The molecule has 1 unspecified atom stereocenters. The van der Waals surface area contributed by atoms with Gasteiger partial charge < -0.3 is 5.32 Å². The molecule has 1 amide bonds. The second kappa shape index (κ2) is 8.17. The highest BCUT2D eigenvalue weighted by Gasteiger charge is 2.26. The standard InChI is InChI=1S/C19H19Cl2FN2O/c20-14-6-7-17(21)18(11-14)23-19(25)12-24-8-2-5-16(24)10-13-3-1-4-15(22)9-13/h1,3-4,6-7,9,11,16H,2,5,8,10,12H2,(H,23,25). The number of anilines is 1. The van der Waals surface area contributed by atoms with Gasteiger partial charge in [-0.15, -0.1) is 0 Å². The van der Waals surface area contributed by atoms with E-state index in [1.165, 1.54) is 6.07 Å². The summed E-state index contributed by atoms with van der Waals surface area (Å²) in [5, 5.41) is 3.79. The fourth-order valence-corrected chi connectivity index (χ4v) is 3.57. The van der Waals surface area contributed by atoms with E-state index in [2.05, 4.69) is 10.2 Å². The number of carbonyl (C=O) groups is 1. The molecule has 0 radical (unpaired) electrons. The molecule has 25 heavy (non-hydrogen) atoms. The second-order valence-corrected chi connectivity index (χ2v) is 7.12. The summed E-state index contributed by atoms with van der Waals surface area (Å²) in [5.41, 5.74) is 1.47. The van der Waals surface area contributed by atoms with Gasteiger partial charge in [0.2, 0.25) is 5.91 Å². The van der Waals surface area contributed by atoms with E-state index in [9.17, 15) is 9.18 Å². The summed E-state index contributed by atoms with van der Waals surface area (Å²) < 4.78 is 13.4. The molecule has 2 aromatic rings. The lowest BCUT2D eigenvalue weighted by Crippen LogP contribution is -2.37. The zero-order valence-corrected chi connectivity index (χ0v) is 15.2. The van der Waals surface area contributed by atoms with Crippen molar-refractivity contribution in [1.82, 2.24) is 4.90 Å². The zero-order chi connectivity index (χ0) is 17.8. The minimum absolute atomic E-state index is 0.129. The van der Waals surface area contributed by atoms with Gasteiger partial charge in [-0.2, -0.15) is 0 Å². The molecular formula is C19H19Cl2FN2O. The van der Waals surface area contributed by atoms with Crippen LogP contribution < -0.4 is 5.32 Å². The first-order valence-electron chi connectivity index (χ1n) is 8.24. The molecule has 1 aliphatic rings. The molecule has 2 aromatic carbocycles. The Kier molecular flexibility index (Phi) is 5.94. The molecule has 1 atom stereocenters. The minimum atomic E-state index is -0.226. The molecule has 1 heterocycles. The molecule has 6 heteroatoms. The predicted octanol–water partition coefficient (Wildman–Crippen LogP) is 4.78. The number of benzene rings is 2. The van der Waals surface area contributed by atoms with Crippen LogP contribution in [0.2, 0.25) is 10.0 Å². The normalized spacial score (nSPS) is 17.6. The Bertz CT molecular complexity index is 769. The SMILES string of the molecule is O=C(CN1CCCC1Cc1cccc(F)c1)Nc1cc(Cl)ccc1Cl. The third-order valence-corrected chi connectivity index (χ3v) is 4.97. The number of carbonyl (C=O) groups excluding carboxylic acids is 1. The molecule has 0 saturated carbocycles. The Hall–Kier alpha value is -1.62. The maximum Gasteiger partial charge on any atom is 0.238 e. The number of likely N-dealkylation sites (tertiary alicyclic amines) is 1. The third-order valence-electron chi connectivity index (χ3n) is 4.41. The van der Waals surface area contributed by atoms with Crippen LogP contribution in [-0.4, -0.2) is 29.9 Å². The van der Waals surface area contributed by atoms with Gasteiger partial charge in [-0.1, -0.05) is 35.3 Å². The molecule has 1 saturated heterocycles. The number of amides is 1. The molecule has 0 aliphatic carbocycles. The van der Waals surface area contributed by atoms with Crippen molar-refractivity contribution in [2.24, 2.45) is 0 Å². The number of hydrogen-bond donors (Lipinski definition) is 1. The summed E-state index contributed by atoms with van der Waals surface area (Å²) in [6.07, 6.45) is 2.77. The lowest BCUT2D eigenvalue weighted by Gasteiger charge is -2.24. The lowest BCUT2D eigenvalue weighted by molar-refractivity contribution is -0.117. The molecule has 1 fully saturated rings. The van der Waals surface area contributed by atoms with E-state index in [4.69, 9.17) is 23.2 Å². The number of nitrogens with zero attached hydrogens (tertiary/aromatic N) is 1. The molecule has 0 spiro atoms. The number of nitrogens with one attached hydrogen (secondary N) is 1. The number of rotatable bonds is 5. The lowest BCUT2D eigenvalue weighted by atomic mass is 10.0. The number of halogens is 3. The van der Waals surface area contributed by atoms with Crippen LogP contribution in [-0.2, 0) is 11.2 Å². The van der Waals surface area contributed by atoms with E-state index in [0.29, 0.717) is 15.7 Å². The van der Waals surface area contributed by atoms with Crippen molar-refractivity contribution in [1.29, 1.82) is 0 Å². The van der Waals surface area contributed by atoms with Gasteiger partial charge in [0.15, 0.2) is 0 Å². The molecule has 132 valence electrons. The minimum Gasteiger partial charge on any atom is -0.324 e. The first-order chi connectivity index (χ1) is 12.0. The quantitative estimate of drug-likeness (QED) is 0.809. The summed E-state index contributed by atoms with van der Waals surface area (Å²) >= 11 is 12.0. The molecular weight excluding hydrogens is 362 g/mol. The Balaban J connectivity index is 1.61. The van der Waals surface area contributed by atoms with Crippen molar-refractivity contribution in [3.8, 4) is 0 Å². The largest absolute Gasteiger partial charge is 0.324 e. The average molecular weight is 381 g/mol. The van der Waals surface area contributed by atoms with Crippen LogP contribution in [0.15, 0.2) is 42.5 Å². The van der Waals surface area contributed by atoms with E-state index in [1.807, 2.05) is 6.07 Å². The van der Waals surface area contributed by atoms with Crippen molar-refractivity contribution in [2.45, 2.75) is 25.3 Å². The van der Waals surface area contributed by atoms with Gasteiger partial charge in [0.1, 0.15) is 5.82 Å². The Morgan fingerprint density at radius 3 is 2.88 bits per heavy atom. The Morgan fingerprint density at radius 2 is 2.08 bits per heavy atom. The van der Waals surface area contributed by atoms with E-state index >= 15 is 0 Å². The number of hydrogen-bond acceptors (Lipinski definition) is 2. The fourth-order valence-electron chi connectivity index (χ4n) is 3.24. The zero-order valence-electron chi connectivity index (χ0n) is 13.6. The highest BCUT2D eigenvalue weighted by molar-refractivity contribution is 6.35. The fraction of sp³-hybridized carbons (Fsp3) is 0.316. The molecule has 0 aromatic heterocycles. The average Bonchev–Trinajstić information content (AvgIpc) is 2.98. The van der Waals surface area contributed by atoms with Gasteiger partial charge in [-0.3, -0.25) is 9.69 Å². The Labute approximate surface area is 156 Å². The first-order valence-corrected chi connectivity index (χ1v) is 9.00. The van der Waals surface area contributed by atoms with Crippen LogP contribution in [0.4, 0.5) is 10.1 Å². The van der Waals surface area contributed by atoms with Crippen molar-refractivity contribution < 1.29 is 9.18 Å². The molecule has 3 nitrogen and oxygen atoms in total. The van der Waals surface area contributed by atoms with Crippen molar-refractivity contribution in [3.63, 3.8) is 0 Å². The molecule has 3 rings (SSSR count). The monoisotopic (exact) mass is 380 g/mol.